The molecule has 4 heteroatoms. The molecule has 3 nitrogen and oxygen atoms in total. The van der Waals surface area contributed by atoms with Crippen LogP contribution in [0.1, 0.15) is 25.8 Å². The van der Waals surface area contributed by atoms with Gasteiger partial charge in [0.25, 0.3) is 0 Å². The lowest BCUT2D eigenvalue weighted by Crippen LogP contribution is -2.28. The number of aliphatic imine (C=N–C) groups is 1. The van der Waals surface area contributed by atoms with Crippen LogP contribution in [0.3, 0.4) is 0 Å². The van der Waals surface area contributed by atoms with Gasteiger partial charge in [-0.25, -0.2) is 0 Å². The van der Waals surface area contributed by atoms with Gasteiger partial charge in [-0.15, -0.1) is 0 Å². The highest BCUT2D eigenvalue weighted by Gasteiger charge is 2.20. The van der Waals surface area contributed by atoms with Crippen molar-refractivity contribution >= 4 is 16.9 Å². The Morgan fingerprint density at radius 3 is 3.17 bits per heavy atom. The predicted molar refractivity (Wildman–Crippen MR) is 79.1 cm³/mol. The summed E-state index contributed by atoms with van der Waals surface area (Å²) in [6.07, 6.45) is 5.92. The van der Waals surface area contributed by atoms with E-state index in [1.807, 2.05) is 24.0 Å². The minimum Gasteiger partial charge on any atom is -0.361 e. The second-order valence-electron chi connectivity index (χ2n) is 5.08. The number of hydrogen-bond acceptors (Lipinski definition) is 3. The molecule has 0 amide bonds. The number of aromatic nitrogens is 1. The van der Waals surface area contributed by atoms with Gasteiger partial charge < -0.3 is 5.32 Å². The molecule has 1 N–H and O–H groups in total. The van der Waals surface area contributed by atoms with Crippen LogP contribution in [0.2, 0.25) is 0 Å². The zero-order chi connectivity index (χ0) is 12.8. The van der Waals surface area contributed by atoms with E-state index < -0.39 is 0 Å². The standard InChI is InChI=1S/C14H21N3S/c1-11(2)8-13-10-18-14(17-13)16-7-5-12-4-3-6-15-9-12/h3-4,6,9,11,13H,5,7-8,10H2,1-2H3,(H,16,17). The number of thioether (sulfide) groups is 1. The smallest absolute Gasteiger partial charge is 0.156 e. The monoisotopic (exact) mass is 263 g/mol. The van der Waals surface area contributed by atoms with E-state index in [9.17, 15) is 0 Å². The summed E-state index contributed by atoms with van der Waals surface area (Å²) in [5.41, 5.74) is 1.25. The molecule has 0 aliphatic carbocycles. The van der Waals surface area contributed by atoms with Crippen molar-refractivity contribution in [3.63, 3.8) is 0 Å². The molecule has 0 bridgehead atoms. The van der Waals surface area contributed by atoms with Crippen molar-refractivity contribution in [2.45, 2.75) is 32.7 Å². The molecule has 1 aliphatic heterocycles. The molecular formula is C14H21N3S. The lowest BCUT2D eigenvalue weighted by atomic mass is 10.1. The summed E-state index contributed by atoms with van der Waals surface area (Å²) < 4.78 is 0. The second-order valence-corrected chi connectivity index (χ2v) is 6.09. The molecule has 98 valence electrons. The van der Waals surface area contributed by atoms with Crippen molar-refractivity contribution in [2.75, 3.05) is 12.3 Å². The molecule has 0 radical (unpaired) electrons. The molecule has 1 unspecified atom stereocenters. The lowest BCUT2D eigenvalue weighted by molar-refractivity contribution is 0.502. The van der Waals surface area contributed by atoms with E-state index in [0.717, 1.165) is 29.8 Å². The first kappa shape index (κ1) is 13.4. The normalized spacial score (nSPS) is 21.5. The van der Waals surface area contributed by atoms with Crippen molar-refractivity contribution in [3.05, 3.63) is 30.1 Å². The van der Waals surface area contributed by atoms with E-state index in [0.29, 0.717) is 6.04 Å². The molecule has 1 aliphatic rings. The van der Waals surface area contributed by atoms with E-state index in [1.54, 1.807) is 6.20 Å². The summed E-state index contributed by atoms with van der Waals surface area (Å²) >= 11 is 1.85. The highest BCUT2D eigenvalue weighted by Crippen LogP contribution is 2.19. The first-order chi connectivity index (χ1) is 8.74. The maximum Gasteiger partial charge on any atom is 0.156 e. The summed E-state index contributed by atoms with van der Waals surface area (Å²) in [5, 5.41) is 4.62. The molecular weight excluding hydrogens is 242 g/mol. The second kappa shape index (κ2) is 6.78. The van der Waals surface area contributed by atoms with Gasteiger partial charge in [-0.1, -0.05) is 31.7 Å². The molecule has 18 heavy (non-hydrogen) atoms. The number of hydrogen-bond donors (Lipinski definition) is 1. The summed E-state index contributed by atoms with van der Waals surface area (Å²) in [5.74, 6) is 1.90. The van der Waals surface area contributed by atoms with Gasteiger partial charge >= 0.3 is 0 Å². The first-order valence-electron chi connectivity index (χ1n) is 6.56. The van der Waals surface area contributed by atoms with Crippen LogP contribution < -0.4 is 5.32 Å². The Kier molecular flexibility index (Phi) is 5.05. The van der Waals surface area contributed by atoms with E-state index >= 15 is 0 Å². The van der Waals surface area contributed by atoms with Crippen molar-refractivity contribution in [2.24, 2.45) is 10.9 Å². The van der Waals surface area contributed by atoms with Crippen LogP contribution in [0.5, 0.6) is 0 Å². The molecule has 2 heterocycles. The van der Waals surface area contributed by atoms with E-state index in [1.165, 1.54) is 12.0 Å². The SMILES string of the molecule is CC(C)CC1CSC(=NCCc2cccnc2)N1. The quantitative estimate of drug-likeness (QED) is 0.887. The third-order valence-electron chi connectivity index (χ3n) is 2.88. The molecule has 1 saturated heterocycles. The molecule has 1 aromatic heterocycles. The van der Waals surface area contributed by atoms with Gasteiger partial charge in [0.1, 0.15) is 0 Å². The Balaban J connectivity index is 1.74. The van der Waals surface area contributed by atoms with Crippen LogP contribution in [0, 0.1) is 5.92 Å². The van der Waals surface area contributed by atoms with Crippen LogP contribution in [0.25, 0.3) is 0 Å². The maximum atomic E-state index is 4.62. The van der Waals surface area contributed by atoms with E-state index in [-0.39, 0.29) is 0 Å². The van der Waals surface area contributed by atoms with Crippen molar-refractivity contribution in [3.8, 4) is 0 Å². The highest BCUT2D eigenvalue weighted by atomic mass is 32.2. The lowest BCUT2D eigenvalue weighted by Gasteiger charge is -2.11. The average Bonchev–Trinajstić information content (AvgIpc) is 2.77. The van der Waals surface area contributed by atoms with E-state index in [4.69, 9.17) is 0 Å². The Morgan fingerprint density at radius 2 is 2.44 bits per heavy atom. The minimum atomic E-state index is 0.604. The van der Waals surface area contributed by atoms with Gasteiger partial charge in [0.15, 0.2) is 5.17 Å². The summed E-state index contributed by atoms with van der Waals surface area (Å²) in [4.78, 5) is 8.73. The third kappa shape index (κ3) is 4.33. The Hall–Kier alpha value is -1.03. The molecule has 0 saturated carbocycles. The average molecular weight is 263 g/mol. The molecule has 2 rings (SSSR count). The minimum absolute atomic E-state index is 0.604. The fourth-order valence-corrected chi connectivity index (χ4v) is 3.07. The Bertz CT molecular complexity index is 389. The van der Waals surface area contributed by atoms with Crippen LogP contribution in [0.4, 0.5) is 0 Å². The molecule has 0 spiro atoms. The van der Waals surface area contributed by atoms with E-state index in [2.05, 4.69) is 35.2 Å². The van der Waals surface area contributed by atoms with Gasteiger partial charge in [0.2, 0.25) is 0 Å². The fraction of sp³-hybridized carbons (Fsp3) is 0.571. The van der Waals surface area contributed by atoms with Crippen molar-refractivity contribution in [1.29, 1.82) is 0 Å². The number of nitrogens with one attached hydrogen (secondary N) is 1. The van der Waals surface area contributed by atoms with Gasteiger partial charge in [-0.2, -0.15) is 0 Å². The van der Waals surface area contributed by atoms with Crippen molar-refractivity contribution in [1.82, 2.24) is 10.3 Å². The summed E-state index contributed by atoms with van der Waals surface area (Å²) in [7, 11) is 0. The van der Waals surface area contributed by atoms with Crippen LogP contribution in [-0.4, -0.2) is 28.5 Å². The van der Waals surface area contributed by atoms with Crippen molar-refractivity contribution < 1.29 is 0 Å². The summed E-state index contributed by atoms with van der Waals surface area (Å²) in [6, 6.07) is 4.68. The van der Waals surface area contributed by atoms with Gasteiger partial charge in [-0.05, 0) is 30.4 Å². The molecule has 1 fully saturated rings. The van der Waals surface area contributed by atoms with Gasteiger partial charge in [0, 0.05) is 30.7 Å². The highest BCUT2D eigenvalue weighted by molar-refractivity contribution is 8.14. The van der Waals surface area contributed by atoms with Crippen LogP contribution in [-0.2, 0) is 6.42 Å². The Morgan fingerprint density at radius 1 is 1.56 bits per heavy atom. The number of rotatable bonds is 5. The van der Waals surface area contributed by atoms with Crippen LogP contribution in [0.15, 0.2) is 29.5 Å². The largest absolute Gasteiger partial charge is 0.361 e. The van der Waals surface area contributed by atoms with Gasteiger partial charge in [-0.3, -0.25) is 9.98 Å². The predicted octanol–water partition coefficient (Wildman–Crippen LogP) is 2.73. The number of pyridine rings is 1. The molecule has 1 aromatic rings. The topological polar surface area (TPSA) is 37.3 Å². The maximum absolute atomic E-state index is 4.62. The van der Waals surface area contributed by atoms with Gasteiger partial charge in [0.05, 0.1) is 0 Å². The Labute approximate surface area is 113 Å². The number of nitrogens with zero attached hydrogens (tertiary/aromatic N) is 2. The summed E-state index contributed by atoms with van der Waals surface area (Å²) in [6.45, 7) is 5.38. The molecule has 0 aromatic carbocycles. The fourth-order valence-electron chi connectivity index (χ4n) is 2.06. The zero-order valence-electron chi connectivity index (χ0n) is 11.1. The third-order valence-corrected chi connectivity index (χ3v) is 3.97. The molecule has 1 atom stereocenters. The first-order valence-corrected chi connectivity index (χ1v) is 7.55. The van der Waals surface area contributed by atoms with Crippen LogP contribution >= 0.6 is 11.8 Å². The number of amidine groups is 1. The zero-order valence-corrected chi connectivity index (χ0v) is 11.9.